The first kappa shape index (κ1) is 15.0. The number of benzene rings is 2. The maximum atomic E-state index is 12.7. The third-order valence-electron chi connectivity index (χ3n) is 6.18. The second-order valence-corrected chi connectivity index (χ2v) is 7.64. The highest BCUT2D eigenvalue weighted by Gasteiger charge is 2.75. The molecule has 5 unspecified atom stereocenters. The summed E-state index contributed by atoms with van der Waals surface area (Å²) in [5, 5.41) is 21.2. The van der Waals surface area contributed by atoms with Crippen molar-refractivity contribution in [2.24, 2.45) is 0 Å². The summed E-state index contributed by atoms with van der Waals surface area (Å²) in [6, 6.07) is 7.84. The van der Waals surface area contributed by atoms with Gasteiger partial charge in [0.1, 0.15) is 23.4 Å². The molecule has 3 heterocycles. The van der Waals surface area contributed by atoms with Gasteiger partial charge in [0.05, 0.1) is 16.7 Å². The first-order valence-corrected chi connectivity index (χ1v) is 8.95. The monoisotopic (exact) mass is 380 g/mol. The molecule has 2 aliphatic carbocycles. The number of fused-ring (bicyclic) bond motifs is 1. The number of phenols is 1. The van der Waals surface area contributed by atoms with Crippen molar-refractivity contribution in [2.45, 2.75) is 36.3 Å². The van der Waals surface area contributed by atoms with Gasteiger partial charge >= 0.3 is 0 Å². The summed E-state index contributed by atoms with van der Waals surface area (Å²) in [7, 11) is 0. The number of aliphatic hydroxyl groups is 1. The largest absolute Gasteiger partial charge is 0.507 e. The van der Waals surface area contributed by atoms with Crippen molar-refractivity contribution in [1.82, 2.24) is 0 Å². The van der Waals surface area contributed by atoms with E-state index in [1.54, 1.807) is 18.2 Å². The molecule has 1 saturated heterocycles. The van der Waals surface area contributed by atoms with Crippen LogP contribution in [-0.4, -0.2) is 40.1 Å². The second-order valence-electron chi connectivity index (χ2n) is 7.64. The van der Waals surface area contributed by atoms with Crippen LogP contribution in [0, 0.1) is 0 Å². The van der Waals surface area contributed by atoms with Crippen LogP contribution in [0.25, 0.3) is 0 Å². The third-order valence-corrected chi connectivity index (χ3v) is 6.18. The van der Waals surface area contributed by atoms with Crippen LogP contribution in [-0.2, 0) is 21.0 Å². The van der Waals surface area contributed by atoms with E-state index in [9.17, 15) is 19.8 Å². The quantitative estimate of drug-likeness (QED) is 0.654. The molecule has 28 heavy (non-hydrogen) atoms. The van der Waals surface area contributed by atoms with Crippen LogP contribution in [0.15, 0.2) is 30.3 Å². The molecule has 8 heteroatoms. The molecule has 3 aliphatic heterocycles. The van der Waals surface area contributed by atoms with Crippen LogP contribution in [0.5, 0.6) is 17.2 Å². The molecule has 2 bridgehead atoms. The summed E-state index contributed by atoms with van der Waals surface area (Å²) < 4.78 is 24.3. The van der Waals surface area contributed by atoms with E-state index in [-0.39, 0.29) is 40.6 Å². The van der Waals surface area contributed by atoms with Crippen molar-refractivity contribution in [3.05, 3.63) is 52.6 Å². The molecule has 0 saturated carbocycles. The van der Waals surface area contributed by atoms with Crippen molar-refractivity contribution in [3.8, 4) is 17.2 Å². The lowest BCUT2D eigenvalue weighted by molar-refractivity contribution is -0.388. The summed E-state index contributed by atoms with van der Waals surface area (Å²) in [5.41, 5.74) is 0.980. The van der Waals surface area contributed by atoms with Crippen LogP contribution in [0.4, 0.5) is 0 Å². The molecular formula is C20H12O8. The van der Waals surface area contributed by atoms with Gasteiger partial charge in [-0.05, 0) is 18.2 Å². The molecule has 8 nitrogen and oxygen atoms in total. The number of ether oxygens (including phenoxy) is 4. The summed E-state index contributed by atoms with van der Waals surface area (Å²) in [6.45, 7) is 0. The van der Waals surface area contributed by atoms with Gasteiger partial charge in [-0.15, -0.1) is 0 Å². The maximum Gasteiger partial charge on any atom is 0.274 e. The van der Waals surface area contributed by atoms with Crippen LogP contribution in [0.3, 0.4) is 0 Å². The topological polar surface area (TPSA) is 115 Å². The molecule has 2 aromatic carbocycles. The number of rotatable bonds is 0. The Bertz CT molecular complexity index is 1160. The first-order valence-electron chi connectivity index (χ1n) is 8.95. The molecule has 7 rings (SSSR count). The lowest BCUT2D eigenvalue weighted by Crippen LogP contribution is -2.65. The van der Waals surface area contributed by atoms with Gasteiger partial charge in [0.2, 0.25) is 0 Å². The lowest BCUT2D eigenvalue weighted by Gasteiger charge is -2.55. The van der Waals surface area contributed by atoms with Crippen molar-refractivity contribution in [3.63, 3.8) is 0 Å². The van der Waals surface area contributed by atoms with E-state index < -0.39 is 29.9 Å². The van der Waals surface area contributed by atoms with E-state index in [4.69, 9.17) is 18.9 Å². The standard InChI is InChI=1S/C20H12O8/c21-8-4-5-11-15-13(8)16(24)17-18(25-17)20(15)27-10-3-1-2-7-9(22)6-12(23)19(26-11,28-20)14(7)10/h1-5,12,17-18,21,23H,6H2. The molecule has 0 radical (unpaired) electrons. The number of phenolic OH excluding ortho intramolecular Hbond substituents is 1. The molecule has 1 fully saturated rings. The van der Waals surface area contributed by atoms with Gasteiger partial charge in [0.15, 0.2) is 23.8 Å². The van der Waals surface area contributed by atoms with Crippen LogP contribution in [0.2, 0.25) is 0 Å². The zero-order chi connectivity index (χ0) is 19.0. The van der Waals surface area contributed by atoms with Gasteiger partial charge in [-0.2, -0.15) is 0 Å². The molecule has 2 aromatic rings. The number of aliphatic hydroxyl groups excluding tert-OH is 1. The predicted molar refractivity (Wildman–Crippen MR) is 88.2 cm³/mol. The van der Waals surface area contributed by atoms with Crippen molar-refractivity contribution < 1.29 is 38.7 Å². The number of hydrogen-bond donors (Lipinski definition) is 2. The smallest absolute Gasteiger partial charge is 0.274 e. The van der Waals surface area contributed by atoms with Gasteiger partial charge in [-0.25, -0.2) is 0 Å². The highest BCUT2D eigenvalue weighted by Crippen LogP contribution is 2.64. The normalized spacial score (nSPS) is 37.8. The van der Waals surface area contributed by atoms with Crippen LogP contribution in [0.1, 0.15) is 38.3 Å². The van der Waals surface area contributed by atoms with Gasteiger partial charge in [-0.1, -0.05) is 12.1 Å². The Kier molecular flexibility index (Phi) is 2.27. The van der Waals surface area contributed by atoms with E-state index in [1.165, 1.54) is 12.1 Å². The third kappa shape index (κ3) is 1.38. The fraction of sp³-hybridized carbons (Fsp3) is 0.300. The van der Waals surface area contributed by atoms with Crippen LogP contribution < -0.4 is 9.47 Å². The molecule has 0 aromatic heterocycles. The molecule has 2 N–H and O–H groups in total. The number of hydrogen-bond acceptors (Lipinski definition) is 8. The fourth-order valence-electron chi connectivity index (χ4n) is 4.98. The molecule has 140 valence electrons. The predicted octanol–water partition coefficient (Wildman–Crippen LogP) is 1.11. The van der Waals surface area contributed by atoms with E-state index in [0.717, 1.165) is 0 Å². The Morgan fingerprint density at radius 3 is 2.64 bits per heavy atom. The van der Waals surface area contributed by atoms with E-state index >= 15 is 0 Å². The Morgan fingerprint density at radius 1 is 1.00 bits per heavy atom. The summed E-state index contributed by atoms with van der Waals surface area (Å²) >= 11 is 0. The molecule has 2 spiro atoms. The number of carbonyl (C=O) groups excluding carboxylic acids is 2. The van der Waals surface area contributed by atoms with Crippen LogP contribution >= 0.6 is 0 Å². The highest BCUT2D eigenvalue weighted by molar-refractivity contribution is 6.07. The van der Waals surface area contributed by atoms with Gasteiger partial charge in [-0.3, -0.25) is 14.3 Å². The minimum Gasteiger partial charge on any atom is -0.507 e. The van der Waals surface area contributed by atoms with Crippen molar-refractivity contribution in [2.75, 3.05) is 0 Å². The van der Waals surface area contributed by atoms with E-state index in [0.29, 0.717) is 16.9 Å². The Morgan fingerprint density at radius 2 is 1.79 bits per heavy atom. The number of epoxide rings is 1. The number of Topliss-reactive ketones (excluding diaryl/α,β-unsaturated/α-hetero) is 2. The van der Waals surface area contributed by atoms with Gasteiger partial charge < -0.3 is 24.4 Å². The van der Waals surface area contributed by atoms with Crippen molar-refractivity contribution in [1.29, 1.82) is 0 Å². The second kappa shape index (κ2) is 4.22. The van der Waals surface area contributed by atoms with E-state index in [1.807, 2.05) is 0 Å². The van der Waals surface area contributed by atoms with Gasteiger partial charge in [0, 0.05) is 12.0 Å². The Labute approximate surface area is 157 Å². The summed E-state index contributed by atoms with van der Waals surface area (Å²) in [6.07, 6.45) is -3.01. The zero-order valence-electron chi connectivity index (χ0n) is 14.2. The first-order chi connectivity index (χ1) is 13.5. The number of ketones is 2. The lowest BCUT2D eigenvalue weighted by atomic mass is 9.77. The summed E-state index contributed by atoms with van der Waals surface area (Å²) in [4.78, 5) is 25.2. The highest BCUT2D eigenvalue weighted by atomic mass is 16.8. The minimum atomic E-state index is -1.67. The average molecular weight is 380 g/mol. The molecule has 5 aliphatic rings. The average Bonchev–Trinajstić information content (AvgIpc) is 3.48. The fourth-order valence-corrected chi connectivity index (χ4v) is 4.98. The molecule has 5 atom stereocenters. The Hall–Kier alpha value is -2.94. The zero-order valence-corrected chi connectivity index (χ0v) is 14.2. The van der Waals surface area contributed by atoms with E-state index in [2.05, 4.69) is 0 Å². The maximum absolute atomic E-state index is 12.7. The SMILES string of the molecule is O=C1CC(O)C23Oc4ccc(O)c5c4C(Oc4cccc1c42)(O3)C1OC1C5=O. The van der Waals surface area contributed by atoms with Gasteiger partial charge in [0.25, 0.3) is 11.6 Å². The summed E-state index contributed by atoms with van der Waals surface area (Å²) in [5.74, 6) is -3.49. The Balaban J connectivity index is 1.61. The molecule has 0 amide bonds. The minimum absolute atomic E-state index is 0.0343. The van der Waals surface area contributed by atoms with Crippen molar-refractivity contribution >= 4 is 11.6 Å². The number of aromatic hydroxyl groups is 1. The number of carbonyl (C=O) groups is 2. The molecular weight excluding hydrogens is 368 g/mol.